The van der Waals surface area contributed by atoms with Gasteiger partial charge in [0.2, 0.25) is 0 Å². The van der Waals surface area contributed by atoms with Gasteiger partial charge in [-0.1, -0.05) is 30.3 Å². The molecule has 0 saturated carbocycles. The van der Waals surface area contributed by atoms with Gasteiger partial charge in [-0.2, -0.15) is 0 Å². The summed E-state index contributed by atoms with van der Waals surface area (Å²) in [6, 6.07) is 8.99. The first-order chi connectivity index (χ1) is 8.22. The number of hydrogen-bond acceptors (Lipinski definition) is 2. The normalized spacial score (nSPS) is 11.9. The molecule has 0 bridgehead atoms. The van der Waals surface area contributed by atoms with Gasteiger partial charge < -0.3 is 15.3 Å². The third-order valence-corrected chi connectivity index (χ3v) is 2.73. The predicted molar refractivity (Wildman–Crippen MR) is 67.7 cm³/mol. The molecule has 94 valence electrons. The highest BCUT2D eigenvalue weighted by Crippen LogP contribution is 2.11. The molecule has 1 unspecified atom stereocenters. The summed E-state index contributed by atoms with van der Waals surface area (Å²) in [5, 5.41) is 12.1. The van der Waals surface area contributed by atoms with E-state index in [1.807, 2.05) is 44.2 Å². The Morgan fingerprint density at radius 1 is 1.29 bits per heavy atom. The van der Waals surface area contributed by atoms with Gasteiger partial charge in [0.1, 0.15) is 0 Å². The molecule has 1 aromatic rings. The first-order valence-electron chi connectivity index (χ1n) is 5.94. The van der Waals surface area contributed by atoms with Crippen molar-refractivity contribution in [1.29, 1.82) is 0 Å². The second-order valence-electron chi connectivity index (χ2n) is 3.77. The molecule has 1 aromatic carbocycles. The predicted octanol–water partition coefficient (Wildman–Crippen LogP) is 1.77. The molecule has 0 aromatic heterocycles. The summed E-state index contributed by atoms with van der Waals surface area (Å²) in [6.07, 6.45) is 0. The fourth-order valence-electron chi connectivity index (χ4n) is 1.67. The van der Waals surface area contributed by atoms with Crippen molar-refractivity contribution in [2.75, 3.05) is 19.7 Å². The molecule has 1 rings (SSSR count). The Balaban J connectivity index is 2.68. The van der Waals surface area contributed by atoms with Crippen LogP contribution in [0, 0.1) is 0 Å². The lowest BCUT2D eigenvalue weighted by Gasteiger charge is -2.23. The second kappa shape index (κ2) is 6.91. The van der Waals surface area contributed by atoms with Crippen LogP contribution in [0.25, 0.3) is 0 Å². The molecule has 4 heteroatoms. The molecule has 4 nitrogen and oxygen atoms in total. The Morgan fingerprint density at radius 3 is 2.35 bits per heavy atom. The number of carbonyl (C=O) groups excluding carboxylic acids is 1. The van der Waals surface area contributed by atoms with E-state index in [1.54, 1.807) is 4.90 Å². The van der Waals surface area contributed by atoms with Crippen molar-refractivity contribution in [3.8, 4) is 0 Å². The van der Waals surface area contributed by atoms with Crippen LogP contribution >= 0.6 is 0 Å². The molecule has 0 saturated heterocycles. The molecule has 17 heavy (non-hydrogen) atoms. The lowest BCUT2D eigenvalue weighted by molar-refractivity contribution is 0.186. The Bertz CT molecular complexity index is 337. The third kappa shape index (κ3) is 3.75. The van der Waals surface area contributed by atoms with Crippen LogP contribution in [0.2, 0.25) is 0 Å². The molecule has 0 fully saturated rings. The lowest BCUT2D eigenvalue weighted by atomic mass is 10.1. The first kappa shape index (κ1) is 13.5. The van der Waals surface area contributed by atoms with E-state index in [-0.39, 0.29) is 18.7 Å². The smallest absolute Gasteiger partial charge is 0.317 e. The summed E-state index contributed by atoms with van der Waals surface area (Å²) in [7, 11) is 0. The zero-order chi connectivity index (χ0) is 12.7. The molecule has 2 amide bonds. The third-order valence-electron chi connectivity index (χ3n) is 2.73. The van der Waals surface area contributed by atoms with E-state index in [1.165, 1.54) is 0 Å². The van der Waals surface area contributed by atoms with Crippen LogP contribution in [0.15, 0.2) is 30.3 Å². The number of aliphatic hydroxyl groups is 1. The van der Waals surface area contributed by atoms with E-state index in [4.69, 9.17) is 0 Å². The van der Waals surface area contributed by atoms with Crippen molar-refractivity contribution in [2.45, 2.75) is 19.9 Å². The SMILES string of the molecule is CCN(CC)C(=O)NC(CO)c1ccccc1. The van der Waals surface area contributed by atoms with Gasteiger partial charge in [0, 0.05) is 13.1 Å². The fraction of sp³-hybridized carbons (Fsp3) is 0.462. The number of rotatable bonds is 5. The summed E-state index contributed by atoms with van der Waals surface area (Å²) >= 11 is 0. The van der Waals surface area contributed by atoms with Gasteiger partial charge in [-0.05, 0) is 19.4 Å². The van der Waals surface area contributed by atoms with E-state index in [0.717, 1.165) is 5.56 Å². The van der Waals surface area contributed by atoms with Gasteiger partial charge in [0.15, 0.2) is 0 Å². The van der Waals surface area contributed by atoms with Crippen LogP contribution < -0.4 is 5.32 Å². The summed E-state index contributed by atoms with van der Waals surface area (Å²) in [6.45, 7) is 5.08. The molecule has 0 spiro atoms. The highest BCUT2D eigenvalue weighted by atomic mass is 16.3. The zero-order valence-electron chi connectivity index (χ0n) is 10.4. The maximum Gasteiger partial charge on any atom is 0.317 e. The summed E-state index contributed by atoms with van der Waals surface area (Å²) in [5.41, 5.74) is 0.913. The number of hydrogen-bond donors (Lipinski definition) is 2. The van der Waals surface area contributed by atoms with Crippen molar-refractivity contribution in [2.24, 2.45) is 0 Å². The molecular formula is C13H20N2O2. The molecule has 0 aliphatic carbocycles. The number of urea groups is 1. The Morgan fingerprint density at radius 2 is 1.88 bits per heavy atom. The Labute approximate surface area is 102 Å². The number of amides is 2. The van der Waals surface area contributed by atoms with Gasteiger partial charge in [-0.25, -0.2) is 4.79 Å². The standard InChI is InChI=1S/C13H20N2O2/c1-3-15(4-2)13(17)14-12(10-16)11-8-6-5-7-9-11/h5-9,12,16H,3-4,10H2,1-2H3,(H,14,17). The minimum atomic E-state index is -0.343. The molecule has 2 N–H and O–H groups in total. The summed E-state index contributed by atoms with van der Waals surface area (Å²) in [5.74, 6) is 0. The van der Waals surface area contributed by atoms with Crippen LogP contribution in [0.5, 0.6) is 0 Å². The van der Waals surface area contributed by atoms with E-state index in [2.05, 4.69) is 5.32 Å². The minimum absolute atomic E-state index is 0.100. The molecule has 0 aliphatic rings. The van der Waals surface area contributed by atoms with Crippen molar-refractivity contribution in [1.82, 2.24) is 10.2 Å². The number of aliphatic hydroxyl groups excluding tert-OH is 1. The number of benzene rings is 1. The zero-order valence-corrected chi connectivity index (χ0v) is 10.4. The monoisotopic (exact) mass is 236 g/mol. The van der Waals surface area contributed by atoms with Gasteiger partial charge in [-0.15, -0.1) is 0 Å². The van der Waals surface area contributed by atoms with Gasteiger partial charge in [-0.3, -0.25) is 0 Å². The molecule has 0 radical (unpaired) electrons. The molecule has 0 aliphatic heterocycles. The molecule has 0 heterocycles. The Hall–Kier alpha value is -1.55. The highest BCUT2D eigenvalue weighted by Gasteiger charge is 2.16. The highest BCUT2D eigenvalue weighted by molar-refractivity contribution is 5.74. The minimum Gasteiger partial charge on any atom is -0.394 e. The van der Waals surface area contributed by atoms with Crippen LogP contribution in [0.3, 0.4) is 0 Å². The number of nitrogens with one attached hydrogen (secondary N) is 1. The van der Waals surface area contributed by atoms with Gasteiger partial charge >= 0.3 is 6.03 Å². The lowest BCUT2D eigenvalue weighted by Crippen LogP contribution is -2.42. The number of carbonyl (C=O) groups is 1. The molecule has 1 atom stereocenters. The average molecular weight is 236 g/mol. The van der Waals surface area contributed by atoms with Crippen molar-refractivity contribution in [3.63, 3.8) is 0 Å². The molecular weight excluding hydrogens is 216 g/mol. The first-order valence-corrected chi connectivity index (χ1v) is 5.94. The van der Waals surface area contributed by atoms with Crippen LogP contribution in [0.4, 0.5) is 4.79 Å². The van der Waals surface area contributed by atoms with Crippen molar-refractivity contribution >= 4 is 6.03 Å². The van der Waals surface area contributed by atoms with Gasteiger partial charge in [0.05, 0.1) is 12.6 Å². The van der Waals surface area contributed by atoms with E-state index in [0.29, 0.717) is 13.1 Å². The number of nitrogens with zero attached hydrogens (tertiary/aromatic N) is 1. The second-order valence-corrected chi connectivity index (χ2v) is 3.77. The van der Waals surface area contributed by atoms with Crippen LogP contribution in [-0.4, -0.2) is 35.7 Å². The van der Waals surface area contributed by atoms with E-state index in [9.17, 15) is 9.90 Å². The fourth-order valence-corrected chi connectivity index (χ4v) is 1.67. The van der Waals surface area contributed by atoms with E-state index < -0.39 is 0 Å². The van der Waals surface area contributed by atoms with Crippen molar-refractivity contribution < 1.29 is 9.90 Å². The summed E-state index contributed by atoms with van der Waals surface area (Å²) < 4.78 is 0. The largest absolute Gasteiger partial charge is 0.394 e. The Kier molecular flexibility index (Phi) is 5.49. The van der Waals surface area contributed by atoms with E-state index >= 15 is 0 Å². The topological polar surface area (TPSA) is 52.6 Å². The maximum absolute atomic E-state index is 11.9. The quantitative estimate of drug-likeness (QED) is 0.818. The average Bonchev–Trinajstić information content (AvgIpc) is 2.38. The van der Waals surface area contributed by atoms with Crippen LogP contribution in [0.1, 0.15) is 25.5 Å². The van der Waals surface area contributed by atoms with Crippen molar-refractivity contribution in [3.05, 3.63) is 35.9 Å². The van der Waals surface area contributed by atoms with Crippen LogP contribution in [-0.2, 0) is 0 Å². The van der Waals surface area contributed by atoms with Gasteiger partial charge in [0.25, 0.3) is 0 Å². The maximum atomic E-state index is 11.9. The summed E-state index contributed by atoms with van der Waals surface area (Å²) in [4.78, 5) is 13.5.